The average Bonchev–Trinajstić information content (AvgIpc) is 2.21. The third kappa shape index (κ3) is 11.5. The third-order valence-corrected chi connectivity index (χ3v) is 2.28. The molecule has 0 saturated carbocycles. The van der Waals surface area contributed by atoms with Crippen LogP contribution in [0.4, 0.5) is 0 Å². The van der Waals surface area contributed by atoms with Crippen LogP contribution in [-0.4, -0.2) is 11.7 Å². The van der Waals surface area contributed by atoms with Gasteiger partial charge in [-0.05, 0) is 25.0 Å². The number of hydrogen-bond donors (Lipinski definition) is 1. The van der Waals surface area contributed by atoms with E-state index in [1.807, 2.05) is 6.08 Å². The molecule has 0 aromatic heterocycles. The molecular formula is C13H24O. The van der Waals surface area contributed by atoms with Crippen molar-refractivity contribution in [2.75, 3.05) is 6.61 Å². The van der Waals surface area contributed by atoms with Gasteiger partial charge in [-0.1, -0.05) is 45.4 Å². The fourth-order valence-electron chi connectivity index (χ4n) is 1.42. The molecule has 14 heavy (non-hydrogen) atoms. The van der Waals surface area contributed by atoms with E-state index in [9.17, 15) is 0 Å². The largest absolute Gasteiger partial charge is 0.392 e. The fraction of sp³-hybridized carbons (Fsp3) is 0.769. The minimum absolute atomic E-state index is 0.105. The van der Waals surface area contributed by atoms with Gasteiger partial charge in [0, 0.05) is 0 Å². The van der Waals surface area contributed by atoms with Crippen molar-refractivity contribution in [2.24, 2.45) is 0 Å². The third-order valence-electron chi connectivity index (χ3n) is 2.28. The summed E-state index contributed by atoms with van der Waals surface area (Å²) >= 11 is 0. The van der Waals surface area contributed by atoms with Crippen molar-refractivity contribution < 1.29 is 5.11 Å². The summed E-state index contributed by atoms with van der Waals surface area (Å²) in [7, 11) is 0. The Bertz CT molecular complexity index is 155. The van der Waals surface area contributed by atoms with E-state index in [2.05, 4.69) is 12.7 Å². The van der Waals surface area contributed by atoms with Crippen LogP contribution in [0.15, 0.2) is 17.9 Å². The van der Waals surface area contributed by atoms with E-state index in [4.69, 9.17) is 5.11 Å². The molecule has 1 nitrogen and oxygen atoms in total. The van der Waals surface area contributed by atoms with Gasteiger partial charge in [-0.3, -0.25) is 0 Å². The maximum atomic E-state index is 8.45. The predicted molar refractivity (Wildman–Crippen MR) is 62.3 cm³/mol. The van der Waals surface area contributed by atoms with Crippen LogP contribution in [0.2, 0.25) is 0 Å². The Balaban J connectivity index is 3.02. The molecule has 0 aromatic rings. The van der Waals surface area contributed by atoms with E-state index in [1.165, 1.54) is 44.9 Å². The highest BCUT2D eigenvalue weighted by molar-refractivity contribution is 4.83. The van der Waals surface area contributed by atoms with Crippen LogP contribution in [0.5, 0.6) is 0 Å². The van der Waals surface area contributed by atoms with E-state index in [0.29, 0.717) is 0 Å². The molecule has 1 heteroatoms. The number of hydrogen-bond acceptors (Lipinski definition) is 1. The van der Waals surface area contributed by atoms with Gasteiger partial charge in [-0.25, -0.2) is 0 Å². The molecule has 0 atom stereocenters. The van der Waals surface area contributed by atoms with Crippen molar-refractivity contribution in [3.05, 3.63) is 17.9 Å². The van der Waals surface area contributed by atoms with Crippen LogP contribution in [-0.2, 0) is 0 Å². The molecule has 0 aliphatic rings. The first-order chi connectivity index (χ1) is 6.91. The van der Waals surface area contributed by atoms with Gasteiger partial charge in [-0.2, -0.15) is 0 Å². The lowest BCUT2D eigenvalue weighted by Gasteiger charge is -1.98. The zero-order chi connectivity index (χ0) is 10.5. The molecule has 1 N–H and O–H groups in total. The second-order valence-electron chi connectivity index (χ2n) is 3.67. The van der Waals surface area contributed by atoms with Gasteiger partial charge in [0.15, 0.2) is 0 Å². The Morgan fingerprint density at radius 1 is 0.929 bits per heavy atom. The topological polar surface area (TPSA) is 20.2 Å². The Morgan fingerprint density at radius 3 is 2.21 bits per heavy atom. The lowest BCUT2D eigenvalue weighted by Crippen LogP contribution is -1.78. The molecule has 0 unspecified atom stereocenters. The molecular weight excluding hydrogens is 172 g/mol. The molecule has 0 radical (unpaired) electrons. The maximum absolute atomic E-state index is 8.45. The summed E-state index contributed by atoms with van der Waals surface area (Å²) in [5, 5.41) is 8.45. The molecule has 0 aliphatic carbocycles. The minimum Gasteiger partial charge on any atom is -0.392 e. The average molecular weight is 196 g/mol. The van der Waals surface area contributed by atoms with Crippen molar-refractivity contribution in [1.29, 1.82) is 0 Å². The zero-order valence-corrected chi connectivity index (χ0v) is 9.47. The summed E-state index contributed by atoms with van der Waals surface area (Å²) in [5.74, 6) is 0. The summed E-state index contributed by atoms with van der Waals surface area (Å²) in [6, 6.07) is 0. The van der Waals surface area contributed by atoms with E-state index in [-0.39, 0.29) is 6.61 Å². The van der Waals surface area contributed by atoms with E-state index in [1.54, 1.807) is 6.08 Å². The van der Waals surface area contributed by atoms with Crippen LogP contribution < -0.4 is 0 Å². The van der Waals surface area contributed by atoms with Crippen LogP contribution in [0.25, 0.3) is 0 Å². The highest BCUT2D eigenvalue weighted by Crippen LogP contribution is 2.08. The minimum atomic E-state index is 0.105. The predicted octanol–water partition coefficient (Wildman–Crippen LogP) is 3.83. The van der Waals surface area contributed by atoms with E-state index in [0.717, 1.165) is 6.42 Å². The van der Waals surface area contributed by atoms with Gasteiger partial charge in [0.2, 0.25) is 0 Å². The van der Waals surface area contributed by atoms with Gasteiger partial charge >= 0.3 is 0 Å². The van der Waals surface area contributed by atoms with E-state index < -0.39 is 0 Å². The van der Waals surface area contributed by atoms with Crippen molar-refractivity contribution in [3.8, 4) is 0 Å². The van der Waals surface area contributed by atoms with Crippen LogP contribution in [0.3, 0.4) is 0 Å². The lowest BCUT2D eigenvalue weighted by atomic mass is 10.1. The number of rotatable bonds is 9. The molecule has 0 saturated heterocycles. The van der Waals surface area contributed by atoms with Gasteiger partial charge < -0.3 is 5.11 Å². The fourth-order valence-corrected chi connectivity index (χ4v) is 1.42. The number of unbranched alkanes of at least 4 members (excludes halogenated alkanes) is 7. The van der Waals surface area contributed by atoms with Crippen LogP contribution >= 0.6 is 0 Å². The molecule has 0 heterocycles. The zero-order valence-electron chi connectivity index (χ0n) is 9.47. The first kappa shape index (κ1) is 13.5. The first-order valence-electron chi connectivity index (χ1n) is 5.92. The molecule has 0 rings (SSSR count). The van der Waals surface area contributed by atoms with Crippen molar-refractivity contribution in [3.63, 3.8) is 0 Å². The molecule has 0 spiro atoms. The monoisotopic (exact) mass is 196 g/mol. The van der Waals surface area contributed by atoms with Crippen molar-refractivity contribution >= 4 is 0 Å². The molecule has 82 valence electrons. The summed E-state index contributed by atoms with van der Waals surface area (Å²) in [5.41, 5.74) is 2.95. The molecule has 0 aromatic carbocycles. The quantitative estimate of drug-likeness (QED) is 0.439. The second-order valence-corrected chi connectivity index (χ2v) is 3.67. The van der Waals surface area contributed by atoms with Gasteiger partial charge in [-0.15, -0.1) is 5.73 Å². The first-order valence-corrected chi connectivity index (χ1v) is 5.92. The van der Waals surface area contributed by atoms with Gasteiger partial charge in [0.05, 0.1) is 6.61 Å². The van der Waals surface area contributed by atoms with Gasteiger partial charge in [0.1, 0.15) is 0 Å². The lowest BCUT2D eigenvalue weighted by molar-refractivity contribution is 0.343. The standard InChI is InChI=1S/C13H24O/c1-2-3-4-5-6-7-8-9-10-11-12-13-14/h10,12,14H,2-9,13H2,1H3. The maximum Gasteiger partial charge on any atom is 0.0686 e. The number of aliphatic hydroxyl groups is 1. The normalized spacial score (nSPS) is 9.57. The van der Waals surface area contributed by atoms with Crippen molar-refractivity contribution in [1.82, 2.24) is 0 Å². The summed E-state index contributed by atoms with van der Waals surface area (Å²) < 4.78 is 0. The molecule has 0 fully saturated rings. The number of aliphatic hydroxyl groups excluding tert-OH is 1. The Hall–Kier alpha value is -0.520. The molecule has 0 amide bonds. The van der Waals surface area contributed by atoms with Crippen LogP contribution in [0, 0.1) is 0 Å². The summed E-state index contributed by atoms with van der Waals surface area (Å²) in [6.07, 6.45) is 14.2. The van der Waals surface area contributed by atoms with Crippen LogP contribution in [0.1, 0.15) is 58.3 Å². The Morgan fingerprint density at radius 2 is 1.57 bits per heavy atom. The van der Waals surface area contributed by atoms with Crippen molar-refractivity contribution in [2.45, 2.75) is 58.3 Å². The highest BCUT2D eigenvalue weighted by atomic mass is 16.2. The second kappa shape index (κ2) is 12.5. The smallest absolute Gasteiger partial charge is 0.0686 e. The summed E-state index contributed by atoms with van der Waals surface area (Å²) in [6.45, 7) is 2.35. The highest BCUT2D eigenvalue weighted by Gasteiger charge is 1.88. The summed E-state index contributed by atoms with van der Waals surface area (Å²) in [4.78, 5) is 0. The molecule has 0 bridgehead atoms. The Kier molecular flexibility index (Phi) is 12.0. The SMILES string of the molecule is CCCCCCCCCC=C=CCO. The van der Waals surface area contributed by atoms with E-state index >= 15 is 0 Å². The Labute approximate surface area is 88.5 Å². The van der Waals surface area contributed by atoms with Gasteiger partial charge in [0.25, 0.3) is 0 Å². The molecule has 0 aliphatic heterocycles.